The molecule has 90 valence electrons. The first-order chi connectivity index (χ1) is 7.79. The number of aromatic nitrogens is 3. The predicted molar refractivity (Wildman–Crippen MR) is 65.7 cm³/mol. The highest BCUT2D eigenvalue weighted by Gasteiger charge is 2.35. The summed E-state index contributed by atoms with van der Waals surface area (Å²) < 4.78 is 7.53. The van der Waals surface area contributed by atoms with Crippen molar-refractivity contribution in [1.82, 2.24) is 14.8 Å². The summed E-state index contributed by atoms with van der Waals surface area (Å²) >= 11 is 3.61. The number of nitrogens with zero attached hydrogens (tertiary/aromatic N) is 3. The average Bonchev–Trinajstić information content (AvgIpc) is 2.91. The van der Waals surface area contributed by atoms with Crippen LogP contribution in [0.25, 0.3) is 0 Å². The van der Waals surface area contributed by atoms with E-state index in [0.717, 1.165) is 50.2 Å². The van der Waals surface area contributed by atoms with Crippen LogP contribution in [0.15, 0.2) is 6.33 Å². The molecular formula is C11H18BrN3O. The van der Waals surface area contributed by atoms with Crippen LogP contribution < -0.4 is 0 Å². The quantitative estimate of drug-likeness (QED) is 0.778. The van der Waals surface area contributed by atoms with E-state index >= 15 is 0 Å². The molecule has 0 aliphatic carbocycles. The number of ether oxygens (including phenoxy) is 1. The molecule has 1 aliphatic heterocycles. The van der Waals surface area contributed by atoms with Crippen molar-refractivity contribution in [3.63, 3.8) is 0 Å². The largest absolute Gasteiger partial charge is 0.381 e. The highest BCUT2D eigenvalue weighted by atomic mass is 79.9. The van der Waals surface area contributed by atoms with E-state index in [1.807, 2.05) is 4.68 Å². The maximum atomic E-state index is 5.51. The zero-order valence-electron chi connectivity index (χ0n) is 9.65. The van der Waals surface area contributed by atoms with Crippen LogP contribution in [0, 0.1) is 5.41 Å². The summed E-state index contributed by atoms with van der Waals surface area (Å²) in [5, 5.41) is 5.23. The average molecular weight is 288 g/mol. The number of halogens is 1. The fourth-order valence-corrected chi connectivity index (χ4v) is 2.74. The lowest BCUT2D eigenvalue weighted by molar-refractivity contribution is 0.160. The standard InChI is InChI=1S/C11H18BrN3O/c1-2-4-15-10(13-9-14-15)6-11(7-12)3-5-16-8-11/h9H,2-8H2,1H3. The number of alkyl halides is 1. The minimum Gasteiger partial charge on any atom is -0.381 e. The number of rotatable bonds is 5. The smallest absolute Gasteiger partial charge is 0.138 e. The van der Waals surface area contributed by atoms with Gasteiger partial charge in [0.15, 0.2) is 0 Å². The van der Waals surface area contributed by atoms with Gasteiger partial charge in [0.05, 0.1) is 6.61 Å². The zero-order valence-corrected chi connectivity index (χ0v) is 11.2. The maximum Gasteiger partial charge on any atom is 0.138 e. The fourth-order valence-electron chi connectivity index (χ4n) is 2.10. The van der Waals surface area contributed by atoms with Gasteiger partial charge in [0.1, 0.15) is 12.2 Å². The molecule has 0 aromatic carbocycles. The Bertz CT molecular complexity index is 334. The summed E-state index contributed by atoms with van der Waals surface area (Å²) in [7, 11) is 0. The van der Waals surface area contributed by atoms with Crippen LogP contribution in [0.5, 0.6) is 0 Å². The molecule has 1 aliphatic rings. The van der Waals surface area contributed by atoms with E-state index in [-0.39, 0.29) is 5.41 Å². The minimum absolute atomic E-state index is 0.221. The molecule has 2 rings (SSSR count). The van der Waals surface area contributed by atoms with Crippen molar-refractivity contribution in [2.75, 3.05) is 18.5 Å². The van der Waals surface area contributed by atoms with Gasteiger partial charge in [-0.25, -0.2) is 4.98 Å². The Labute approximate surface area is 105 Å². The number of hydrogen-bond acceptors (Lipinski definition) is 3. The highest BCUT2D eigenvalue weighted by Crippen LogP contribution is 2.33. The van der Waals surface area contributed by atoms with Crippen LogP contribution in [-0.4, -0.2) is 33.3 Å². The first kappa shape index (κ1) is 12.0. The summed E-state index contributed by atoms with van der Waals surface area (Å²) in [6.07, 6.45) is 4.81. The lowest BCUT2D eigenvalue weighted by Gasteiger charge is -2.24. The summed E-state index contributed by atoms with van der Waals surface area (Å²) in [4.78, 5) is 4.37. The van der Waals surface area contributed by atoms with Gasteiger partial charge in [0.25, 0.3) is 0 Å². The van der Waals surface area contributed by atoms with Gasteiger partial charge < -0.3 is 4.74 Å². The third-order valence-electron chi connectivity index (χ3n) is 3.13. The zero-order chi connectivity index (χ0) is 11.4. The van der Waals surface area contributed by atoms with E-state index in [1.165, 1.54) is 0 Å². The van der Waals surface area contributed by atoms with Crippen molar-refractivity contribution < 1.29 is 4.74 Å². The third-order valence-corrected chi connectivity index (χ3v) is 4.32. The lowest BCUT2D eigenvalue weighted by Crippen LogP contribution is -2.27. The minimum atomic E-state index is 0.221. The molecule has 0 amide bonds. The summed E-state index contributed by atoms with van der Waals surface area (Å²) in [6.45, 7) is 4.81. The van der Waals surface area contributed by atoms with Crippen LogP contribution in [0.2, 0.25) is 0 Å². The molecule has 1 fully saturated rings. The second-order valence-electron chi connectivity index (χ2n) is 4.51. The first-order valence-corrected chi connectivity index (χ1v) is 6.92. The van der Waals surface area contributed by atoms with Crippen LogP contribution in [-0.2, 0) is 17.7 Å². The summed E-state index contributed by atoms with van der Waals surface area (Å²) in [6, 6.07) is 0. The molecule has 16 heavy (non-hydrogen) atoms. The van der Waals surface area contributed by atoms with Crippen LogP contribution in [0.1, 0.15) is 25.6 Å². The Balaban J connectivity index is 2.09. The van der Waals surface area contributed by atoms with Gasteiger partial charge in [0.2, 0.25) is 0 Å². The lowest BCUT2D eigenvalue weighted by atomic mass is 9.86. The molecule has 0 spiro atoms. The van der Waals surface area contributed by atoms with Gasteiger partial charge in [-0.3, -0.25) is 4.68 Å². The second kappa shape index (κ2) is 5.27. The van der Waals surface area contributed by atoms with Crippen molar-refractivity contribution in [3.05, 3.63) is 12.2 Å². The molecule has 2 heterocycles. The Hall–Kier alpha value is -0.420. The van der Waals surface area contributed by atoms with E-state index in [9.17, 15) is 0 Å². The predicted octanol–water partition coefficient (Wildman–Crippen LogP) is 2.03. The molecule has 1 atom stereocenters. The Morgan fingerprint density at radius 2 is 2.50 bits per heavy atom. The van der Waals surface area contributed by atoms with Crippen molar-refractivity contribution in [1.29, 1.82) is 0 Å². The first-order valence-electron chi connectivity index (χ1n) is 5.80. The Morgan fingerprint density at radius 1 is 1.62 bits per heavy atom. The van der Waals surface area contributed by atoms with Crippen LogP contribution in [0.4, 0.5) is 0 Å². The molecule has 0 radical (unpaired) electrons. The van der Waals surface area contributed by atoms with Gasteiger partial charge >= 0.3 is 0 Å². The van der Waals surface area contributed by atoms with E-state index in [0.29, 0.717) is 0 Å². The SMILES string of the molecule is CCCn1ncnc1CC1(CBr)CCOC1. The van der Waals surface area contributed by atoms with Crippen molar-refractivity contribution in [2.24, 2.45) is 5.41 Å². The third kappa shape index (κ3) is 2.46. The van der Waals surface area contributed by atoms with Gasteiger partial charge in [-0.1, -0.05) is 22.9 Å². The molecule has 1 unspecified atom stereocenters. The van der Waals surface area contributed by atoms with E-state index < -0.39 is 0 Å². The van der Waals surface area contributed by atoms with Gasteiger partial charge in [0, 0.05) is 30.3 Å². The highest BCUT2D eigenvalue weighted by molar-refractivity contribution is 9.09. The molecule has 5 heteroatoms. The Morgan fingerprint density at radius 3 is 3.12 bits per heavy atom. The van der Waals surface area contributed by atoms with Gasteiger partial charge in [-0.05, 0) is 12.8 Å². The molecule has 1 aromatic rings. The monoisotopic (exact) mass is 287 g/mol. The maximum absolute atomic E-state index is 5.51. The fraction of sp³-hybridized carbons (Fsp3) is 0.818. The Kier molecular flexibility index (Phi) is 3.97. The molecule has 1 aromatic heterocycles. The van der Waals surface area contributed by atoms with E-state index in [1.54, 1.807) is 6.33 Å². The van der Waals surface area contributed by atoms with E-state index in [4.69, 9.17) is 4.74 Å². The van der Waals surface area contributed by atoms with E-state index in [2.05, 4.69) is 32.9 Å². The molecular weight excluding hydrogens is 270 g/mol. The molecule has 4 nitrogen and oxygen atoms in total. The summed E-state index contributed by atoms with van der Waals surface area (Å²) in [5.41, 5.74) is 0.221. The van der Waals surface area contributed by atoms with Gasteiger partial charge in [-0.15, -0.1) is 0 Å². The van der Waals surface area contributed by atoms with Crippen LogP contribution >= 0.6 is 15.9 Å². The van der Waals surface area contributed by atoms with Crippen LogP contribution in [0.3, 0.4) is 0 Å². The van der Waals surface area contributed by atoms with Crippen molar-refractivity contribution >= 4 is 15.9 Å². The normalized spacial score (nSPS) is 25.1. The summed E-state index contributed by atoms with van der Waals surface area (Å²) in [5.74, 6) is 1.09. The second-order valence-corrected chi connectivity index (χ2v) is 5.07. The van der Waals surface area contributed by atoms with Crippen molar-refractivity contribution in [2.45, 2.75) is 32.7 Å². The molecule has 0 saturated carbocycles. The molecule has 0 N–H and O–H groups in total. The molecule has 0 bridgehead atoms. The van der Waals surface area contributed by atoms with Gasteiger partial charge in [-0.2, -0.15) is 5.10 Å². The van der Waals surface area contributed by atoms with Crippen molar-refractivity contribution in [3.8, 4) is 0 Å². The number of aryl methyl sites for hydroxylation is 1. The number of hydrogen-bond donors (Lipinski definition) is 0. The topological polar surface area (TPSA) is 39.9 Å². The molecule has 1 saturated heterocycles.